The van der Waals surface area contributed by atoms with E-state index in [1.54, 1.807) is 6.07 Å². The lowest BCUT2D eigenvalue weighted by molar-refractivity contribution is 0.275. The second-order valence-electron chi connectivity index (χ2n) is 3.01. The minimum Gasteiger partial charge on any atom is -0.507 e. The summed E-state index contributed by atoms with van der Waals surface area (Å²) < 4.78 is 20.1. The van der Waals surface area contributed by atoms with Crippen molar-refractivity contribution >= 4 is 29.0 Å². The van der Waals surface area contributed by atoms with Crippen molar-refractivity contribution in [3.05, 3.63) is 26.8 Å². The summed E-state index contributed by atoms with van der Waals surface area (Å²) in [6.07, 6.45) is 0. The predicted octanol–water partition coefficient (Wildman–Crippen LogP) is 1.57. The second-order valence-corrected chi connectivity index (χ2v) is 5.55. The van der Waals surface area contributed by atoms with Gasteiger partial charge in [0.1, 0.15) is 5.75 Å². The molecule has 0 heterocycles. The molecule has 16 heavy (non-hydrogen) atoms. The molecule has 0 spiro atoms. The van der Waals surface area contributed by atoms with Gasteiger partial charge in [-0.05, 0) is 31.0 Å². The average molecular weight is 362 g/mol. The van der Waals surface area contributed by atoms with Gasteiger partial charge in [-0.3, -0.25) is 3.07 Å². The van der Waals surface area contributed by atoms with Crippen LogP contribution in [0.2, 0.25) is 0 Å². The number of phenols is 1. The Kier molecular flexibility index (Phi) is 6.27. The summed E-state index contributed by atoms with van der Waals surface area (Å²) in [4.78, 5) is 21.6. The summed E-state index contributed by atoms with van der Waals surface area (Å²) in [5.74, 6) is 0.172. The van der Waals surface area contributed by atoms with Crippen molar-refractivity contribution in [2.24, 2.45) is 0 Å². The van der Waals surface area contributed by atoms with Crippen LogP contribution in [-0.4, -0.2) is 19.8 Å². The van der Waals surface area contributed by atoms with Crippen LogP contribution in [0.25, 0.3) is 0 Å². The summed E-state index contributed by atoms with van der Waals surface area (Å²) in [7, 11) is -4.64. The molecule has 0 aliphatic carbocycles. The summed E-state index contributed by atoms with van der Waals surface area (Å²) in [6.45, 7) is 3.76. The fourth-order valence-electron chi connectivity index (χ4n) is 1.03. The Morgan fingerprint density at radius 2 is 1.62 bits per heavy atom. The van der Waals surface area contributed by atoms with Crippen molar-refractivity contribution in [3.8, 4) is 5.75 Å². The maximum atomic E-state index is 10.6. The molecule has 6 nitrogen and oxygen atoms in total. The van der Waals surface area contributed by atoms with Gasteiger partial charge in [0.2, 0.25) is 0 Å². The monoisotopic (exact) mass is 362 g/mol. The average Bonchev–Trinajstić information content (AvgIpc) is 1.99. The van der Waals surface area contributed by atoms with Crippen molar-refractivity contribution in [1.82, 2.24) is 0 Å². The van der Waals surface area contributed by atoms with Crippen LogP contribution in [0.5, 0.6) is 5.75 Å². The Morgan fingerprint density at radius 3 is 1.94 bits per heavy atom. The highest BCUT2D eigenvalue weighted by Gasteiger charge is 2.04. The van der Waals surface area contributed by atoms with E-state index in [0.717, 1.165) is 11.1 Å². The normalized spacial score (nSPS) is 10.6. The number of hydrogen-bond acceptors (Lipinski definition) is 3. The lowest BCUT2D eigenvalue weighted by Crippen LogP contribution is -1.83. The van der Waals surface area contributed by atoms with E-state index in [-0.39, 0.29) is 5.75 Å². The molecule has 0 saturated carbocycles. The fraction of sp³-hybridized carbons (Fsp3) is 0.250. The van der Waals surface area contributed by atoms with Gasteiger partial charge in [-0.15, -0.1) is 0 Å². The van der Waals surface area contributed by atoms with Crippen molar-refractivity contribution in [3.63, 3.8) is 0 Å². The van der Waals surface area contributed by atoms with Gasteiger partial charge in [-0.25, -0.2) is 4.57 Å². The highest BCUT2D eigenvalue weighted by Crippen LogP contribution is 2.27. The molecule has 1 rings (SSSR count). The van der Waals surface area contributed by atoms with Gasteiger partial charge in [-0.2, -0.15) is 0 Å². The Balaban J connectivity index is 0.000000385. The number of phenolic OH excluding ortho intramolecular Hbond substituents is 1. The molecule has 0 atom stereocenters. The molecule has 8 heteroatoms. The van der Waals surface area contributed by atoms with Crippen LogP contribution in [0.3, 0.4) is 0 Å². The highest BCUT2D eigenvalue weighted by atomic mass is 127. The predicted molar refractivity (Wildman–Crippen MR) is 65.2 cm³/mol. The van der Waals surface area contributed by atoms with E-state index in [0.29, 0.717) is 3.57 Å². The van der Waals surface area contributed by atoms with Crippen LogP contribution in [0.15, 0.2) is 12.1 Å². The second kappa shape index (κ2) is 6.41. The van der Waals surface area contributed by atoms with Crippen molar-refractivity contribution in [2.45, 2.75) is 13.8 Å². The van der Waals surface area contributed by atoms with Gasteiger partial charge in [-0.1, -0.05) is 6.07 Å². The van der Waals surface area contributed by atoms with Gasteiger partial charge in [0.05, 0.1) is 3.57 Å². The number of benzene rings is 1. The molecule has 0 aliphatic rings. The molecule has 0 unspecified atom stereocenters. The Morgan fingerprint density at radius 1 is 1.19 bits per heavy atom. The molecule has 1 aromatic carbocycles. The smallest absolute Gasteiger partial charge is 0.466 e. The first-order valence-corrected chi connectivity index (χ1v) is 7.53. The van der Waals surface area contributed by atoms with Crippen LogP contribution in [0.4, 0.5) is 0 Å². The maximum absolute atomic E-state index is 10.6. The van der Waals surface area contributed by atoms with Crippen molar-refractivity contribution in [2.75, 3.05) is 0 Å². The molecule has 0 fully saturated rings. The summed E-state index contributed by atoms with van der Waals surface area (Å²) in [5, 5.41) is 9.30. The largest absolute Gasteiger partial charge is 0.507 e. The number of phosphoric acid groups is 1. The molecule has 92 valence electrons. The molecular formula is C8H12IO6P. The molecule has 1 aromatic rings. The first-order valence-electron chi connectivity index (χ1n) is 4.00. The van der Waals surface area contributed by atoms with Crippen LogP contribution in [0, 0.1) is 17.4 Å². The topological polar surface area (TPSA) is 115 Å². The Labute approximate surface area is 103 Å². The molecule has 0 amide bonds. The molecule has 0 aromatic heterocycles. The summed E-state index contributed by atoms with van der Waals surface area (Å²) >= 11 is -1.25. The highest BCUT2D eigenvalue weighted by molar-refractivity contribution is 14.1. The molecule has 0 radical (unpaired) electrons. The number of aromatic hydroxyl groups is 1. The van der Waals surface area contributed by atoms with Crippen LogP contribution < -0.4 is 0 Å². The van der Waals surface area contributed by atoms with E-state index in [1.807, 2.05) is 19.9 Å². The van der Waals surface area contributed by atoms with Gasteiger partial charge in [0.15, 0.2) is 21.2 Å². The summed E-state index contributed by atoms with van der Waals surface area (Å²) in [5.41, 5.74) is 1.92. The zero-order chi connectivity index (χ0) is 12.9. The number of halogens is 1. The van der Waals surface area contributed by atoms with Crippen LogP contribution in [-0.2, 0) is 7.63 Å². The van der Waals surface area contributed by atoms with Crippen molar-refractivity contribution < 1.29 is 27.4 Å². The third-order valence-corrected chi connectivity index (χ3v) is 3.30. The number of rotatable bonds is 1. The maximum Gasteiger partial charge on any atom is 0.466 e. The molecule has 4 N–H and O–H groups in total. The Bertz CT molecular complexity index is 395. The standard InChI is InChI=1S/C8H9IO2.H3O4P/c1-5-3-6(2)8(9-11)7(10)4-5;1-5(2,3)4/h3-4,10H,1-2H3;(H3,1,2,3,4). The Hall–Kier alpha value is -0.340. The molecule has 0 saturated heterocycles. The minimum atomic E-state index is -4.64. The van der Waals surface area contributed by atoms with E-state index in [4.69, 9.17) is 19.2 Å². The van der Waals surface area contributed by atoms with E-state index in [2.05, 4.69) is 0 Å². The zero-order valence-corrected chi connectivity index (χ0v) is 11.6. The fourth-order valence-corrected chi connectivity index (χ4v) is 1.91. The lowest BCUT2D eigenvalue weighted by atomic mass is 10.1. The van der Waals surface area contributed by atoms with Gasteiger partial charge in [0, 0.05) is 0 Å². The molecular weight excluding hydrogens is 350 g/mol. The third kappa shape index (κ3) is 7.02. The minimum absolute atomic E-state index is 0.172. The zero-order valence-electron chi connectivity index (χ0n) is 8.59. The molecule has 0 bridgehead atoms. The van der Waals surface area contributed by atoms with Crippen LogP contribution >= 0.6 is 29.0 Å². The quantitative estimate of drug-likeness (QED) is 0.445. The van der Waals surface area contributed by atoms with Gasteiger partial charge >= 0.3 is 7.82 Å². The van der Waals surface area contributed by atoms with Crippen LogP contribution in [0.1, 0.15) is 11.1 Å². The summed E-state index contributed by atoms with van der Waals surface area (Å²) in [6, 6.07) is 3.56. The lowest BCUT2D eigenvalue weighted by Gasteiger charge is -2.01. The number of hydrogen-bond donors (Lipinski definition) is 4. The van der Waals surface area contributed by atoms with E-state index in [9.17, 15) is 8.18 Å². The van der Waals surface area contributed by atoms with E-state index >= 15 is 0 Å². The third-order valence-electron chi connectivity index (χ3n) is 1.46. The van der Waals surface area contributed by atoms with Crippen molar-refractivity contribution in [1.29, 1.82) is 0 Å². The first-order chi connectivity index (χ1) is 7.15. The van der Waals surface area contributed by atoms with E-state index in [1.165, 1.54) is 0 Å². The van der Waals surface area contributed by atoms with Gasteiger partial charge in [0.25, 0.3) is 0 Å². The SMILES string of the molecule is Cc1cc(C)c(I=O)c(O)c1.O=P(O)(O)O. The molecule has 0 aliphatic heterocycles. The first kappa shape index (κ1) is 15.7. The number of aryl methyl sites for hydroxylation is 2. The van der Waals surface area contributed by atoms with Gasteiger partial charge < -0.3 is 19.8 Å². The van der Waals surface area contributed by atoms with E-state index < -0.39 is 29.0 Å².